The number of rotatable bonds is 44. The number of hydrogen-bond acceptors (Lipinski definition) is 6. The van der Waals surface area contributed by atoms with E-state index in [9.17, 15) is 14.4 Å². The molecular weight excluding hydrogens is 697 g/mol. The van der Waals surface area contributed by atoms with Crippen LogP contribution in [0, 0.1) is 11.8 Å². The first-order chi connectivity index (χ1) is 27.2. The minimum Gasteiger partial charge on any atom is -0.462 e. The minimum atomic E-state index is -0.761. The Morgan fingerprint density at radius 1 is 0.339 bits per heavy atom. The van der Waals surface area contributed by atoms with E-state index >= 15 is 0 Å². The van der Waals surface area contributed by atoms with Crippen LogP contribution in [-0.4, -0.2) is 37.2 Å². The molecule has 0 aliphatic rings. The highest BCUT2D eigenvalue weighted by atomic mass is 16.6. The maximum atomic E-state index is 12.7. The summed E-state index contributed by atoms with van der Waals surface area (Å²) >= 11 is 0. The SMILES string of the molecule is CCCCCCCCCCCCCCCCCC(=O)OC[C@@H](COC(=O)CCCCCCCCCCCCC(C)C)OC(=O)CCCCCCCCCC(C)C. The maximum Gasteiger partial charge on any atom is 0.306 e. The van der Waals surface area contributed by atoms with E-state index < -0.39 is 6.10 Å². The van der Waals surface area contributed by atoms with Gasteiger partial charge in [-0.3, -0.25) is 14.4 Å². The maximum absolute atomic E-state index is 12.7. The summed E-state index contributed by atoms with van der Waals surface area (Å²) in [5, 5.41) is 0. The molecule has 0 bridgehead atoms. The zero-order valence-corrected chi connectivity index (χ0v) is 38.3. The fraction of sp³-hybridized carbons (Fsp3) is 0.940. The van der Waals surface area contributed by atoms with Crippen LogP contribution in [0.25, 0.3) is 0 Å². The largest absolute Gasteiger partial charge is 0.462 e. The number of hydrogen-bond donors (Lipinski definition) is 0. The van der Waals surface area contributed by atoms with Crippen molar-refractivity contribution in [3.8, 4) is 0 Å². The lowest BCUT2D eigenvalue weighted by Gasteiger charge is -2.18. The van der Waals surface area contributed by atoms with Crippen LogP contribution in [0.2, 0.25) is 0 Å². The Bertz CT molecular complexity index is 854. The van der Waals surface area contributed by atoms with Crippen molar-refractivity contribution < 1.29 is 28.6 Å². The predicted molar refractivity (Wildman–Crippen MR) is 238 cm³/mol. The van der Waals surface area contributed by atoms with Crippen LogP contribution in [0.4, 0.5) is 0 Å². The van der Waals surface area contributed by atoms with Gasteiger partial charge < -0.3 is 14.2 Å². The van der Waals surface area contributed by atoms with Crippen molar-refractivity contribution in [3.63, 3.8) is 0 Å². The molecule has 56 heavy (non-hydrogen) atoms. The van der Waals surface area contributed by atoms with Crippen molar-refractivity contribution in [3.05, 3.63) is 0 Å². The molecule has 0 amide bonds. The molecule has 0 aromatic carbocycles. The van der Waals surface area contributed by atoms with Crippen LogP contribution in [0.15, 0.2) is 0 Å². The van der Waals surface area contributed by atoms with Gasteiger partial charge in [0, 0.05) is 19.3 Å². The van der Waals surface area contributed by atoms with E-state index in [0.29, 0.717) is 19.3 Å². The summed E-state index contributed by atoms with van der Waals surface area (Å²) in [4.78, 5) is 37.8. The molecule has 1 atom stereocenters. The number of ether oxygens (including phenoxy) is 3. The summed E-state index contributed by atoms with van der Waals surface area (Å²) in [7, 11) is 0. The highest BCUT2D eigenvalue weighted by Crippen LogP contribution is 2.17. The average Bonchev–Trinajstić information content (AvgIpc) is 3.16. The van der Waals surface area contributed by atoms with Crippen LogP contribution >= 0.6 is 0 Å². The molecule has 0 heterocycles. The Balaban J connectivity index is 4.29. The normalized spacial score (nSPS) is 12.1. The Hall–Kier alpha value is -1.59. The molecule has 0 spiro atoms. The van der Waals surface area contributed by atoms with Gasteiger partial charge in [0.15, 0.2) is 6.10 Å². The molecule has 0 fully saturated rings. The Kier molecular flexibility index (Phi) is 41.8. The Morgan fingerprint density at radius 2 is 0.589 bits per heavy atom. The molecule has 332 valence electrons. The molecule has 0 saturated heterocycles. The zero-order chi connectivity index (χ0) is 41.2. The average molecular weight is 793 g/mol. The van der Waals surface area contributed by atoms with E-state index in [1.54, 1.807) is 0 Å². The molecule has 0 unspecified atom stereocenters. The monoisotopic (exact) mass is 793 g/mol. The number of unbranched alkanes of at least 4 members (excludes halogenated alkanes) is 29. The molecule has 0 aliphatic carbocycles. The summed E-state index contributed by atoms with van der Waals surface area (Å²) in [5.41, 5.74) is 0. The number of esters is 3. The van der Waals surface area contributed by atoms with Crippen LogP contribution < -0.4 is 0 Å². The van der Waals surface area contributed by atoms with Crippen LogP contribution in [0.1, 0.15) is 272 Å². The van der Waals surface area contributed by atoms with Gasteiger partial charge in [0.05, 0.1) is 0 Å². The van der Waals surface area contributed by atoms with Crippen molar-refractivity contribution >= 4 is 17.9 Å². The molecule has 6 nitrogen and oxygen atoms in total. The van der Waals surface area contributed by atoms with Crippen molar-refractivity contribution in [1.29, 1.82) is 0 Å². The lowest BCUT2D eigenvalue weighted by Crippen LogP contribution is -2.30. The lowest BCUT2D eigenvalue weighted by atomic mass is 10.0. The minimum absolute atomic E-state index is 0.0648. The fourth-order valence-corrected chi connectivity index (χ4v) is 7.46. The van der Waals surface area contributed by atoms with Crippen molar-refractivity contribution in [2.24, 2.45) is 11.8 Å². The second-order valence-electron chi connectivity index (χ2n) is 18.1. The van der Waals surface area contributed by atoms with E-state index in [-0.39, 0.29) is 31.1 Å². The van der Waals surface area contributed by atoms with E-state index in [1.165, 1.54) is 161 Å². The van der Waals surface area contributed by atoms with E-state index in [0.717, 1.165) is 69.6 Å². The van der Waals surface area contributed by atoms with E-state index in [1.807, 2.05) is 0 Å². The van der Waals surface area contributed by atoms with Crippen molar-refractivity contribution in [2.45, 2.75) is 278 Å². The fourth-order valence-electron chi connectivity index (χ4n) is 7.46. The van der Waals surface area contributed by atoms with E-state index in [4.69, 9.17) is 14.2 Å². The molecule has 0 aliphatic heterocycles. The van der Waals surface area contributed by atoms with Gasteiger partial charge in [-0.25, -0.2) is 0 Å². The first kappa shape index (κ1) is 54.4. The highest BCUT2D eigenvalue weighted by molar-refractivity contribution is 5.71. The highest BCUT2D eigenvalue weighted by Gasteiger charge is 2.19. The van der Waals surface area contributed by atoms with Gasteiger partial charge in [-0.1, -0.05) is 234 Å². The summed E-state index contributed by atoms with van der Waals surface area (Å²) in [6.45, 7) is 11.3. The van der Waals surface area contributed by atoms with Gasteiger partial charge in [-0.2, -0.15) is 0 Å². The van der Waals surface area contributed by atoms with Gasteiger partial charge in [0.2, 0.25) is 0 Å². The molecule has 0 aromatic heterocycles. The van der Waals surface area contributed by atoms with Gasteiger partial charge >= 0.3 is 17.9 Å². The van der Waals surface area contributed by atoms with Gasteiger partial charge in [0.25, 0.3) is 0 Å². The smallest absolute Gasteiger partial charge is 0.306 e. The lowest BCUT2D eigenvalue weighted by molar-refractivity contribution is -0.167. The summed E-state index contributed by atoms with van der Waals surface area (Å²) in [6, 6.07) is 0. The van der Waals surface area contributed by atoms with Crippen LogP contribution in [0.5, 0.6) is 0 Å². The van der Waals surface area contributed by atoms with E-state index in [2.05, 4.69) is 34.6 Å². The first-order valence-corrected chi connectivity index (χ1v) is 24.7. The third-order valence-electron chi connectivity index (χ3n) is 11.2. The first-order valence-electron chi connectivity index (χ1n) is 24.7. The van der Waals surface area contributed by atoms with Gasteiger partial charge in [-0.15, -0.1) is 0 Å². The third kappa shape index (κ3) is 43.5. The van der Waals surface area contributed by atoms with Crippen LogP contribution in [0.3, 0.4) is 0 Å². The standard InChI is InChI=1S/C50H96O6/c1-6-7-8-9-10-11-12-13-14-15-16-20-25-30-35-40-48(51)54-43-47(56-50(53)42-37-32-27-22-24-29-34-39-46(4)5)44-55-49(52)41-36-31-26-21-18-17-19-23-28-33-38-45(2)3/h45-47H,6-44H2,1-5H3/t47-/m0/s1. The number of carbonyl (C=O) groups excluding carboxylic acids is 3. The summed E-state index contributed by atoms with van der Waals surface area (Å²) in [5.74, 6) is 0.741. The summed E-state index contributed by atoms with van der Waals surface area (Å²) in [6.07, 6.45) is 42.4. The van der Waals surface area contributed by atoms with Crippen molar-refractivity contribution in [1.82, 2.24) is 0 Å². The Labute approximate surface area is 348 Å². The molecule has 0 N–H and O–H groups in total. The van der Waals surface area contributed by atoms with Crippen molar-refractivity contribution in [2.75, 3.05) is 13.2 Å². The quantitative estimate of drug-likeness (QED) is 0.0347. The van der Waals surface area contributed by atoms with Gasteiger partial charge in [0.1, 0.15) is 13.2 Å². The molecule has 0 saturated carbocycles. The molecule has 6 heteroatoms. The third-order valence-corrected chi connectivity index (χ3v) is 11.2. The topological polar surface area (TPSA) is 78.9 Å². The number of carbonyl (C=O) groups is 3. The molecule has 0 aromatic rings. The predicted octanol–water partition coefficient (Wildman–Crippen LogP) is 15.8. The van der Waals surface area contributed by atoms with Gasteiger partial charge in [-0.05, 0) is 31.1 Å². The van der Waals surface area contributed by atoms with Crippen LogP contribution in [-0.2, 0) is 28.6 Å². The zero-order valence-electron chi connectivity index (χ0n) is 38.3. The Morgan fingerprint density at radius 3 is 0.875 bits per heavy atom. The molecule has 0 rings (SSSR count). The summed E-state index contributed by atoms with van der Waals surface area (Å²) < 4.78 is 16.8. The molecule has 0 radical (unpaired) electrons. The second-order valence-corrected chi connectivity index (χ2v) is 18.1. The molecular formula is C50H96O6. The second kappa shape index (κ2) is 43.0.